The first-order chi connectivity index (χ1) is 17.0. The summed E-state index contributed by atoms with van der Waals surface area (Å²) in [4.78, 5) is 27.1. The Morgan fingerprint density at radius 2 is 1.46 bits per heavy atom. The molecule has 0 saturated carbocycles. The molecule has 1 saturated heterocycles. The fourth-order valence-electron chi connectivity index (χ4n) is 3.99. The summed E-state index contributed by atoms with van der Waals surface area (Å²) in [6.45, 7) is 9.55. The average molecular weight is 492 g/mol. The Kier molecular flexibility index (Phi) is 12.2. The molecular weight excluding hydrogens is 453 g/mol. The minimum Gasteiger partial charge on any atom is -0.388 e. The molecule has 6 heteroatoms. The predicted octanol–water partition coefficient (Wildman–Crippen LogP) is 5.83. The van der Waals surface area contributed by atoms with Gasteiger partial charge in [0.15, 0.2) is 5.52 Å². The van der Waals surface area contributed by atoms with Gasteiger partial charge in [-0.25, -0.2) is 0 Å². The molecule has 1 fully saturated rings. The smallest absolute Gasteiger partial charge is 0.169 e. The standard InChI is InChI=1S/C19H24N3OP.C8H8O.C2H6/c1-20-16-7-9-17(10-8-16)21-11-13-22(14-12-21)18(19(23)24)15-5-3-2-4-6-15;1-7-4-2-3-5-8(7)6-9;1-2/h2-10,18,20H,11-14,24H2,1H3;2-6H,1H3;1-2H3. The zero-order valence-electron chi connectivity index (χ0n) is 21.3. The summed E-state index contributed by atoms with van der Waals surface area (Å²) in [5.41, 5.74) is 5.37. The van der Waals surface area contributed by atoms with Gasteiger partial charge in [-0.2, -0.15) is 0 Å². The maximum absolute atomic E-state index is 12.2. The minimum atomic E-state index is -0.162. The second kappa shape index (κ2) is 15.1. The van der Waals surface area contributed by atoms with E-state index in [0.29, 0.717) is 0 Å². The summed E-state index contributed by atoms with van der Waals surface area (Å²) in [5.74, 6) is 0. The van der Waals surface area contributed by atoms with Crippen LogP contribution < -0.4 is 10.2 Å². The summed E-state index contributed by atoms with van der Waals surface area (Å²) < 4.78 is 0. The summed E-state index contributed by atoms with van der Waals surface area (Å²) >= 11 is 0. The first kappa shape index (κ1) is 28.2. The molecule has 0 radical (unpaired) electrons. The number of carbonyl (C=O) groups excluding carboxylic acids is 2. The fourth-order valence-corrected chi connectivity index (χ4v) is 4.39. The minimum absolute atomic E-state index is 0.132. The second-order valence-electron chi connectivity index (χ2n) is 8.01. The van der Waals surface area contributed by atoms with E-state index in [1.807, 2.05) is 82.4 Å². The quantitative estimate of drug-likeness (QED) is 0.348. The highest BCUT2D eigenvalue weighted by atomic mass is 31.0. The highest BCUT2D eigenvalue weighted by molar-refractivity contribution is 7.40. The number of benzene rings is 3. The molecule has 3 aromatic rings. The number of aldehydes is 1. The molecule has 186 valence electrons. The first-order valence-corrected chi connectivity index (χ1v) is 12.7. The van der Waals surface area contributed by atoms with Crippen LogP contribution in [0.2, 0.25) is 0 Å². The van der Waals surface area contributed by atoms with Gasteiger partial charge in [0.1, 0.15) is 6.29 Å². The van der Waals surface area contributed by atoms with E-state index in [4.69, 9.17) is 0 Å². The molecule has 4 rings (SSSR count). The van der Waals surface area contributed by atoms with Crippen LogP contribution in [-0.4, -0.2) is 49.9 Å². The van der Waals surface area contributed by atoms with Crippen molar-refractivity contribution < 1.29 is 9.59 Å². The number of piperazine rings is 1. The van der Waals surface area contributed by atoms with Crippen LogP contribution in [0.4, 0.5) is 11.4 Å². The van der Waals surface area contributed by atoms with E-state index >= 15 is 0 Å². The lowest BCUT2D eigenvalue weighted by molar-refractivity contribution is -0.116. The molecule has 1 N–H and O–H groups in total. The zero-order chi connectivity index (χ0) is 25.6. The molecule has 0 amide bonds. The molecular formula is C29H38N3O2P. The number of rotatable bonds is 6. The summed E-state index contributed by atoms with van der Waals surface area (Å²) in [6, 6.07) is 25.9. The Morgan fingerprint density at radius 3 is 1.94 bits per heavy atom. The number of nitrogens with zero attached hydrogens (tertiary/aromatic N) is 2. The number of carbonyl (C=O) groups is 2. The molecule has 0 bridgehead atoms. The molecule has 2 unspecified atom stereocenters. The Balaban J connectivity index is 0.000000329. The number of nitrogens with one attached hydrogen (secondary N) is 1. The molecule has 1 heterocycles. The van der Waals surface area contributed by atoms with Crippen LogP contribution in [0.1, 0.15) is 41.4 Å². The van der Waals surface area contributed by atoms with Crippen molar-refractivity contribution in [3.05, 3.63) is 95.6 Å². The van der Waals surface area contributed by atoms with Crippen LogP contribution in [0.15, 0.2) is 78.9 Å². The predicted molar refractivity (Wildman–Crippen MR) is 152 cm³/mol. The van der Waals surface area contributed by atoms with Gasteiger partial charge < -0.3 is 10.2 Å². The maximum atomic E-state index is 12.2. The Labute approximate surface area is 212 Å². The van der Waals surface area contributed by atoms with E-state index in [2.05, 4.69) is 48.6 Å². The van der Waals surface area contributed by atoms with Crippen LogP contribution in [0.3, 0.4) is 0 Å². The lowest BCUT2D eigenvalue weighted by atomic mass is 10.1. The van der Waals surface area contributed by atoms with Gasteiger partial charge >= 0.3 is 0 Å². The lowest BCUT2D eigenvalue weighted by Crippen LogP contribution is -2.48. The molecule has 1 aliphatic heterocycles. The third-order valence-corrected chi connectivity index (χ3v) is 6.22. The largest absolute Gasteiger partial charge is 0.388 e. The van der Waals surface area contributed by atoms with Gasteiger partial charge in [0, 0.05) is 50.2 Å². The van der Waals surface area contributed by atoms with Crippen molar-refractivity contribution in [3.63, 3.8) is 0 Å². The average Bonchev–Trinajstić information content (AvgIpc) is 2.91. The fraction of sp³-hybridized carbons (Fsp3) is 0.310. The number of anilines is 2. The Bertz CT molecular complexity index is 1030. The van der Waals surface area contributed by atoms with E-state index in [-0.39, 0.29) is 11.6 Å². The van der Waals surface area contributed by atoms with E-state index in [9.17, 15) is 9.59 Å². The maximum Gasteiger partial charge on any atom is 0.169 e. The van der Waals surface area contributed by atoms with Crippen LogP contribution in [-0.2, 0) is 4.79 Å². The van der Waals surface area contributed by atoms with Gasteiger partial charge in [0.05, 0.1) is 6.04 Å². The normalized spacial score (nSPS) is 13.9. The zero-order valence-corrected chi connectivity index (χ0v) is 22.4. The highest BCUT2D eigenvalue weighted by Gasteiger charge is 2.28. The van der Waals surface area contributed by atoms with Gasteiger partial charge in [0.2, 0.25) is 0 Å². The Hall–Kier alpha value is -3.01. The van der Waals surface area contributed by atoms with Gasteiger partial charge in [-0.3, -0.25) is 14.5 Å². The van der Waals surface area contributed by atoms with Crippen molar-refractivity contribution in [1.29, 1.82) is 0 Å². The summed E-state index contributed by atoms with van der Waals surface area (Å²) in [7, 11) is 4.29. The van der Waals surface area contributed by atoms with Crippen LogP contribution in [0.5, 0.6) is 0 Å². The molecule has 1 aliphatic rings. The third kappa shape index (κ3) is 8.31. The second-order valence-corrected chi connectivity index (χ2v) is 8.58. The number of hydrogen-bond acceptors (Lipinski definition) is 5. The Morgan fingerprint density at radius 1 is 0.886 bits per heavy atom. The molecule has 5 nitrogen and oxygen atoms in total. The molecule has 3 aromatic carbocycles. The van der Waals surface area contributed by atoms with Crippen LogP contribution in [0, 0.1) is 6.92 Å². The molecule has 2 atom stereocenters. The van der Waals surface area contributed by atoms with E-state index in [1.165, 1.54) is 5.69 Å². The van der Waals surface area contributed by atoms with Crippen molar-refractivity contribution in [3.8, 4) is 0 Å². The van der Waals surface area contributed by atoms with Crippen molar-refractivity contribution >= 4 is 32.4 Å². The molecule has 0 spiro atoms. The van der Waals surface area contributed by atoms with Gasteiger partial charge in [-0.15, -0.1) is 0 Å². The van der Waals surface area contributed by atoms with E-state index < -0.39 is 0 Å². The number of hydrogen-bond donors (Lipinski definition) is 1. The van der Waals surface area contributed by atoms with Gasteiger partial charge in [-0.1, -0.05) is 77.7 Å². The summed E-state index contributed by atoms with van der Waals surface area (Å²) in [5, 5.41) is 3.14. The molecule has 35 heavy (non-hydrogen) atoms. The van der Waals surface area contributed by atoms with E-state index in [0.717, 1.165) is 54.8 Å². The topological polar surface area (TPSA) is 52.6 Å². The van der Waals surface area contributed by atoms with Crippen molar-refractivity contribution in [1.82, 2.24) is 4.90 Å². The molecule has 0 aliphatic carbocycles. The van der Waals surface area contributed by atoms with Gasteiger partial charge in [-0.05, 0) is 42.3 Å². The van der Waals surface area contributed by atoms with E-state index in [1.54, 1.807) is 0 Å². The monoisotopic (exact) mass is 491 g/mol. The van der Waals surface area contributed by atoms with Crippen molar-refractivity contribution in [2.45, 2.75) is 26.8 Å². The molecule has 0 aromatic heterocycles. The summed E-state index contributed by atoms with van der Waals surface area (Å²) in [6.07, 6.45) is 0.870. The third-order valence-electron chi connectivity index (χ3n) is 5.90. The first-order valence-electron chi connectivity index (χ1n) is 12.2. The number of aryl methyl sites for hydroxylation is 1. The van der Waals surface area contributed by atoms with Crippen LogP contribution >= 0.6 is 9.24 Å². The van der Waals surface area contributed by atoms with Gasteiger partial charge in [0.25, 0.3) is 0 Å². The van der Waals surface area contributed by atoms with Crippen LogP contribution in [0.25, 0.3) is 0 Å². The van der Waals surface area contributed by atoms with Crippen molar-refractivity contribution in [2.24, 2.45) is 0 Å². The highest BCUT2D eigenvalue weighted by Crippen LogP contribution is 2.27. The van der Waals surface area contributed by atoms with Crippen molar-refractivity contribution in [2.75, 3.05) is 43.4 Å². The lowest BCUT2D eigenvalue weighted by Gasteiger charge is -2.39. The SMILES string of the molecule is CC.CNc1ccc(N2CCN(C(C(=O)P)c3ccccc3)CC2)cc1.Cc1ccccc1C=O.